The van der Waals surface area contributed by atoms with Crippen LogP contribution in [0.1, 0.15) is 52.4 Å². The van der Waals surface area contributed by atoms with E-state index in [1.54, 1.807) is 0 Å². The van der Waals surface area contributed by atoms with Crippen molar-refractivity contribution in [2.24, 2.45) is 4.99 Å². The molecule has 4 heteroatoms. The summed E-state index contributed by atoms with van der Waals surface area (Å²) in [5.74, 6) is 0. The van der Waals surface area contributed by atoms with Crippen molar-refractivity contribution in [3.05, 3.63) is 0 Å². The molecule has 0 aromatic rings. The lowest BCUT2D eigenvalue weighted by atomic mass is 10.1. The highest BCUT2D eigenvalue weighted by Crippen LogP contribution is 2.11. The molecule has 1 radical (unpaired) electrons. The van der Waals surface area contributed by atoms with Gasteiger partial charge in [0.25, 0.3) is 0 Å². The molecular formula is C13H26NO2Si. The van der Waals surface area contributed by atoms with Crippen LogP contribution in [0, 0.1) is 0 Å². The standard InChI is InChI=1S/C13H26NO2Si/c1-12-8-6-4-5-7-10-14-11-9-13(2)16-17(3)15-12/h11-13H,4-10H2,1-3H3. The quantitative estimate of drug-likeness (QED) is 0.622. The second-order valence-corrected chi connectivity index (χ2v) is 6.33. The van der Waals surface area contributed by atoms with E-state index >= 15 is 0 Å². The van der Waals surface area contributed by atoms with Crippen molar-refractivity contribution in [1.29, 1.82) is 0 Å². The molecule has 0 aliphatic carbocycles. The maximum absolute atomic E-state index is 5.90. The first-order valence-corrected chi connectivity index (χ1v) is 8.65. The Morgan fingerprint density at radius 3 is 2.59 bits per heavy atom. The molecule has 0 aromatic carbocycles. The van der Waals surface area contributed by atoms with Crippen LogP contribution in [0.5, 0.6) is 0 Å². The first-order chi connectivity index (χ1) is 8.18. The minimum Gasteiger partial charge on any atom is -0.391 e. The van der Waals surface area contributed by atoms with E-state index in [0.29, 0.717) is 6.10 Å². The maximum Gasteiger partial charge on any atom is 0.381 e. The van der Waals surface area contributed by atoms with Crippen LogP contribution in [0.15, 0.2) is 4.99 Å². The zero-order valence-electron chi connectivity index (χ0n) is 11.4. The van der Waals surface area contributed by atoms with Gasteiger partial charge in [0.1, 0.15) is 0 Å². The lowest BCUT2D eigenvalue weighted by Crippen LogP contribution is -2.28. The molecule has 1 heterocycles. The van der Waals surface area contributed by atoms with Crippen LogP contribution < -0.4 is 0 Å². The summed E-state index contributed by atoms with van der Waals surface area (Å²) in [4.78, 5) is 4.41. The Balaban J connectivity index is 2.39. The van der Waals surface area contributed by atoms with Crippen molar-refractivity contribution < 1.29 is 8.85 Å². The van der Waals surface area contributed by atoms with Gasteiger partial charge in [-0.1, -0.05) is 19.3 Å². The van der Waals surface area contributed by atoms with E-state index in [1.807, 2.05) is 6.21 Å². The predicted octanol–water partition coefficient (Wildman–Crippen LogP) is 3.34. The highest BCUT2D eigenvalue weighted by atomic mass is 28.3. The molecule has 17 heavy (non-hydrogen) atoms. The average Bonchev–Trinajstić information content (AvgIpc) is 2.25. The fraction of sp³-hybridized carbons (Fsp3) is 0.923. The molecule has 2 atom stereocenters. The summed E-state index contributed by atoms with van der Waals surface area (Å²) < 4.78 is 11.8. The van der Waals surface area contributed by atoms with Crippen molar-refractivity contribution >= 4 is 15.5 Å². The lowest BCUT2D eigenvalue weighted by molar-refractivity contribution is 0.116. The topological polar surface area (TPSA) is 30.8 Å². The smallest absolute Gasteiger partial charge is 0.381 e. The van der Waals surface area contributed by atoms with Crippen molar-refractivity contribution in [2.45, 2.75) is 71.1 Å². The first-order valence-electron chi connectivity index (χ1n) is 6.83. The van der Waals surface area contributed by atoms with Crippen molar-refractivity contribution in [2.75, 3.05) is 6.54 Å². The SMILES string of the molecule is CC1CC=NCCCCCCC(C)O[Si](C)O1. The Morgan fingerprint density at radius 2 is 1.76 bits per heavy atom. The fourth-order valence-electron chi connectivity index (χ4n) is 2.00. The van der Waals surface area contributed by atoms with Gasteiger partial charge in [0.2, 0.25) is 0 Å². The molecule has 0 bridgehead atoms. The van der Waals surface area contributed by atoms with Gasteiger partial charge in [0.15, 0.2) is 0 Å². The Morgan fingerprint density at radius 1 is 1.06 bits per heavy atom. The van der Waals surface area contributed by atoms with Crippen LogP contribution in [-0.2, 0) is 8.85 Å². The van der Waals surface area contributed by atoms with Crippen LogP contribution in [-0.4, -0.2) is 34.3 Å². The van der Waals surface area contributed by atoms with Gasteiger partial charge in [-0.2, -0.15) is 0 Å². The maximum atomic E-state index is 5.90. The summed E-state index contributed by atoms with van der Waals surface area (Å²) in [7, 11) is -1.10. The minimum atomic E-state index is -1.10. The summed E-state index contributed by atoms with van der Waals surface area (Å²) in [5, 5.41) is 0. The summed E-state index contributed by atoms with van der Waals surface area (Å²) >= 11 is 0. The van der Waals surface area contributed by atoms with Gasteiger partial charge < -0.3 is 8.85 Å². The molecule has 0 fully saturated rings. The molecule has 0 spiro atoms. The van der Waals surface area contributed by atoms with Gasteiger partial charge in [-0.05, 0) is 33.2 Å². The van der Waals surface area contributed by atoms with Gasteiger partial charge in [0, 0.05) is 31.4 Å². The highest BCUT2D eigenvalue weighted by Gasteiger charge is 2.16. The predicted molar refractivity (Wildman–Crippen MR) is 73.8 cm³/mol. The normalized spacial score (nSPS) is 31.0. The molecule has 0 amide bonds. The largest absolute Gasteiger partial charge is 0.391 e. The molecule has 0 saturated carbocycles. The number of hydrogen-bond acceptors (Lipinski definition) is 3. The minimum absolute atomic E-state index is 0.229. The third-order valence-corrected chi connectivity index (χ3v) is 4.42. The lowest BCUT2D eigenvalue weighted by Gasteiger charge is -2.20. The molecule has 0 saturated heterocycles. The Kier molecular flexibility index (Phi) is 7.72. The van der Waals surface area contributed by atoms with E-state index in [0.717, 1.165) is 19.4 Å². The second kappa shape index (κ2) is 8.83. The average molecular weight is 256 g/mol. The summed E-state index contributed by atoms with van der Waals surface area (Å²) in [5.41, 5.74) is 0. The summed E-state index contributed by atoms with van der Waals surface area (Å²) in [6, 6.07) is 0. The molecule has 1 aliphatic heterocycles. The van der Waals surface area contributed by atoms with Crippen LogP contribution >= 0.6 is 0 Å². The molecule has 0 N–H and O–H groups in total. The third kappa shape index (κ3) is 7.68. The number of aliphatic imine (C=N–C) groups is 1. The van der Waals surface area contributed by atoms with Gasteiger partial charge >= 0.3 is 9.28 Å². The number of nitrogens with zero attached hydrogens (tertiary/aromatic N) is 1. The van der Waals surface area contributed by atoms with E-state index in [-0.39, 0.29) is 6.10 Å². The number of rotatable bonds is 0. The van der Waals surface area contributed by atoms with Crippen LogP contribution in [0.3, 0.4) is 0 Å². The molecule has 1 aliphatic rings. The van der Waals surface area contributed by atoms with E-state index in [1.165, 1.54) is 25.7 Å². The van der Waals surface area contributed by atoms with E-state index < -0.39 is 9.28 Å². The summed E-state index contributed by atoms with van der Waals surface area (Å²) in [6.07, 6.45) is 9.70. The molecule has 99 valence electrons. The second-order valence-electron chi connectivity index (χ2n) is 4.88. The zero-order chi connectivity index (χ0) is 12.5. The van der Waals surface area contributed by atoms with Crippen LogP contribution in [0.4, 0.5) is 0 Å². The van der Waals surface area contributed by atoms with Crippen molar-refractivity contribution in [3.63, 3.8) is 0 Å². The zero-order valence-corrected chi connectivity index (χ0v) is 12.4. The molecule has 0 aromatic heterocycles. The molecule has 1 rings (SSSR count). The van der Waals surface area contributed by atoms with Gasteiger partial charge in [-0.3, -0.25) is 4.99 Å². The van der Waals surface area contributed by atoms with Crippen molar-refractivity contribution in [1.82, 2.24) is 0 Å². The highest BCUT2D eigenvalue weighted by molar-refractivity contribution is 6.42. The monoisotopic (exact) mass is 256 g/mol. The first kappa shape index (κ1) is 14.9. The molecule has 2 unspecified atom stereocenters. The van der Waals surface area contributed by atoms with Gasteiger partial charge in [-0.15, -0.1) is 0 Å². The Labute approximate surface area is 107 Å². The number of hydrogen-bond donors (Lipinski definition) is 0. The Hall–Kier alpha value is -0.193. The fourth-order valence-corrected chi connectivity index (χ4v) is 3.41. The van der Waals surface area contributed by atoms with E-state index in [9.17, 15) is 0 Å². The van der Waals surface area contributed by atoms with E-state index in [2.05, 4.69) is 25.4 Å². The van der Waals surface area contributed by atoms with Gasteiger partial charge in [0.05, 0.1) is 0 Å². The molecular weight excluding hydrogens is 230 g/mol. The summed E-state index contributed by atoms with van der Waals surface area (Å²) in [6.45, 7) is 7.32. The molecule has 3 nitrogen and oxygen atoms in total. The van der Waals surface area contributed by atoms with Crippen molar-refractivity contribution in [3.8, 4) is 0 Å². The van der Waals surface area contributed by atoms with Gasteiger partial charge in [-0.25, -0.2) is 0 Å². The van der Waals surface area contributed by atoms with Crippen LogP contribution in [0.2, 0.25) is 6.55 Å². The van der Waals surface area contributed by atoms with Crippen LogP contribution in [0.25, 0.3) is 0 Å². The Bertz CT molecular complexity index is 223. The van der Waals surface area contributed by atoms with E-state index in [4.69, 9.17) is 8.85 Å². The third-order valence-electron chi connectivity index (χ3n) is 2.95.